The average molecular weight is 427 g/mol. The highest BCUT2D eigenvalue weighted by Gasteiger charge is 2.35. The summed E-state index contributed by atoms with van der Waals surface area (Å²) in [7, 11) is -3.32. The summed E-state index contributed by atoms with van der Waals surface area (Å²) in [5.41, 5.74) is 0.176. The van der Waals surface area contributed by atoms with Crippen molar-refractivity contribution in [2.45, 2.75) is 6.92 Å². The maximum atomic E-state index is 13.3. The van der Waals surface area contributed by atoms with Crippen molar-refractivity contribution in [3.8, 4) is 11.5 Å². The summed E-state index contributed by atoms with van der Waals surface area (Å²) in [6.07, 6.45) is 0. The van der Waals surface area contributed by atoms with Crippen LogP contribution in [0.2, 0.25) is 0 Å². The predicted octanol–water partition coefficient (Wildman–Crippen LogP) is 5.28. The minimum atomic E-state index is -3.32. The van der Waals surface area contributed by atoms with Crippen LogP contribution in [0.3, 0.4) is 0 Å². The van der Waals surface area contributed by atoms with Crippen molar-refractivity contribution in [3.63, 3.8) is 0 Å². The van der Waals surface area contributed by atoms with Crippen LogP contribution < -0.4 is 9.05 Å². The van der Waals surface area contributed by atoms with Crippen LogP contribution >= 0.6 is 8.25 Å². The molecule has 0 aliphatic rings. The second kappa shape index (κ2) is 9.75. The van der Waals surface area contributed by atoms with Gasteiger partial charge in [0, 0.05) is 10.1 Å². The lowest BCUT2D eigenvalue weighted by Gasteiger charge is -2.02. The second-order valence-corrected chi connectivity index (χ2v) is 5.66. The normalized spacial score (nSPS) is 10.5. The van der Waals surface area contributed by atoms with Gasteiger partial charge in [-0.05, 0) is 31.2 Å². The summed E-state index contributed by atoms with van der Waals surface area (Å²) in [5.74, 6) is -15.0. The first-order valence-electron chi connectivity index (χ1n) is 6.94. The van der Waals surface area contributed by atoms with Crippen molar-refractivity contribution in [2.24, 2.45) is 0 Å². The van der Waals surface area contributed by atoms with Crippen LogP contribution in [0.15, 0.2) is 36.4 Å². The minimum absolute atomic E-state index is 0.176. The molecule has 0 amide bonds. The van der Waals surface area contributed by atoms with Crippen molar-refractivity contribution in [2.75, 3.05) is 0 Å². The fraction of sp³-hybridized carbons (Fsp3) is 0.0625. The van der Waals surface area contributed by atoms with Gasteiger partial charge in [-0.1, -0.05) is 6.58 Å². The molecule has 1 unspecified atom stereocenters. The van der Waals surface area contributed by atoms with E-state index in [1.807, 2.05) is 0 Å². The van der Waals surface area contributed by atoms with E-state index in [0.29, 0.717) is 0 Å². The Hall–Kier alpha value is -3.07. The maximum absolute atomic E-state index is 13.3. The van der Waals surface area contributed by atoms with Crippen molar-refractivity contribution >= 4 is 14.2 Å². The Morgan fingerprint density at radius 2 is 1.29 bits per heavy atom. The molecule has 150 valence electrons. The molecule has 12 heteroatoms. The molecular formula is C16H10F6O5P+. The molecule has 0 aliphatic carbocycles. The van der Waals surface area contributed by atoms with Gasteiger partial charge in [0.2, 0.25) is 29.1 Å². The first-order valence-corrected chi connectivity index (χ1v) is 8.04. The third-order valence-electron chi connectivity index (χ3n) is 2.69. The quantitative estimate of drug-likeness (QED) is 0.231. The first-order chi connectivity index (χ1) is 13.0. The Labute approximate surface area is 154 Å². The van der Waals surface area contributed by atoms with Crippen molar-refractivity contribution in [1.29, 1.82) is 0 Å². The Morgan fingerprint density at radius 1 is 0.893 bits per heavy atom. The van der Waals surface area contributed by atoms with Crippen LogP contribution in [0.1, 0.15) is 6.92 Å². The highest BCUT2D eigenvalue weighted by atomic mass is 31.1. The lowest BCUT2D eigenvalue weighted by Crippen LogP contribution is -2.04. The molecule has 0 saturated heterocycles. The Balaban J connectivity index is 0.000000568. The molecule has 5 nitrogen and oxygen atoms in total. The van der Waals surface area contributed by atoms with E-state index >= 15 is 0 Å². The molecule has 1 N–H and O–H groups in total. The molecule has 1 atom stereocenters. The molecule has 28 heavy (non-hydrogen) atoms. The zero-order valence-corrected chi connectivity index (χ0v) is 14.7. The van der Waals surface area contributed by atoms with Crippen molar-refractivity contribution in [1.82, 2.24) is 0 Å². The van der Waals surface area contributed by atoms with Crippen LogP contribution in [-0.2, 0) is 9.36 Å². The van der Waals surface area contributed by atoms with Crippen LogP contribution in [-0.4, -0.2) is 11.1 Å². The SMILES string of the molecule is C=C(C)C(=O)O.O=[P+](Oc1ccc(F)cc1)Oc1c(F)c(F)c(F)c(F)c1F. The monoisotopic (exact) mass is 427 g/mol. The van der Waals surface area contributed by atoms with Gasteiger partial charge in [-0.2, -0.15) is 8.78 Å². The van der Waals surface area contributed by atoms with E-state index < -0.39 is 54.9 Å². The van der Waals surface area contributed by atoms with E-state index in [-0.39, 0.29) is 11.3 Å². The molecule has 0 fully saturated rings. The second-order valence-electron chi connectivity index (χ2n) is 4.84. The largest absolute Gasteiger partial charge is 0.805 e. The fourth-order valence-electron chi connectivity index (χ4n) is 1.34. The topological polar surface area (TPSA) is 72.8 Å². The van der Waals surface area contributed by atoms with Crippen LogP contribution in [0.5, 0.6) is 11.5 Å². The number of aliphatic carboxylic acids is 1. The molecule has 2 aromatic rings. The number of benzene rings is 2. The molecule has 2 aromatic carbocycles. The number of rotatable bonds is 5. The fourth-order valence-corrected chi connectivity index (χ4v) is 1.98. The minimum Gasteiger partial charge on any atom is -0.478 e. The molecule has 0 aliphatic heterocycles. The van der Waals surface area contributed by atoms with E-state index in [1.54, 1.807) is 0 Å². The summed E-state index contributed by atoms with van der Waals surface area (Å²) >= 11 is 0. The maximum Gasteiger partial charge on any atom is 0.805 e. The van der Waals surface area contributed by atoms with Crippen LogP contribution in [0.4, 0.5) is 26.3 Å². The lowest BCUT2D eigenvalue weighted by atomic mass is 10.3. The number of carbonyl (C=O) groups is 1. The van der Waals surface area contributed by atoms with E-state index in [9.17, 15) is 35.7 Å². The van der Waals surface area contributed by atoms with Gasteiger partial charge in [0.05, 0.1) is 0 Å². The Bertz CT molecular complexity index is 876. The van der Waals surface area contributed by atoms with Gasteiger partial charge in [0.1, 0.15) is 5.82 Å². The van der Waals surface area contributed by atoms with Crippen LogP contribution in [0.25, 0.3) is 0 Å². The summed E-state index contributed by atoms with van der Waals surface area (Å²) < 4.78 is 97.9. The van der Waals surface area contributed by atoms with Gasteiger partial charge in [-0.25, -0.2) is 31.4 Å². The summed E-state index contributed by atoms with van der Waals surface area (Å²) in [4.78, 5) is 9.60. The van der Waals surface area contributed by atoms with E-state index in [0.717, 1.165) is 24.3 Å². The molecule has 2 rings (SSSR count). The third kappa shape index (κ3) is 5.98. The predicted molar refractivity (Wildman–Crippen MR) is 83.9 cm³/mol. The number of carboxylic acid groups (broad SMARTS) is 1. The third-order valence-corrected chi connectivity index (χ3v) is 3.39. The summed E-state index contributed by atoms with van der Waals surface area (Å²) in [5, 5.41) is 7.89. The first kappa shape index (κ1) is 23.0. The number of hydrogen-bond acceptors (Lipinski definition) is 4. The van der Waals surface area contributed by atoms with Crippen molar-refractivity contribution < 1.29 is 49.9 Å². The molecule has 0 bridgehead atoms. The molecular weight excluding hydrogens is 417 g/mol. The van der Waals surface area contributed by atoms with E-state index in [2.05, 4.69) is 15.6 Å². The van der Waals surface area contributed by atoms with E-state index in [4.69, 9.17) is 5.11 Å². The zero-order chi connectivity index (χ0) is 21.6. The Morgan fingerprint density at radius 3 is 1.68 bits per heavy atom. The van der Waals surface area contributed by atoms with Gasteiger partial charge >= 0.3 is 14.2 Å². The van der Waals surface area contributed by atoms with Gasteiger partial charge in [-0.3, -0.25) is 0 Å². The number of carboxylic acids is 1. The average Bonchev–Trinajstić information content (AvgIpc) is 2.64. The standard InChI is InChI=1S/C12H4F6O3P.C4H6O2/c13-5-1-3-6(4-2-5)20-22(19)21-12-10(17)8(15)7(14)9(16)11(12)18;1-3(2)4(5)6/h1-4H;1H2,2H3,(H,5,6)/q+1;. The summed E-state index contributed by atoms with van der Waals surface area (Å²) in [6, 6.07) is 3.89. The van der Waals surface area contributed by atoms with Crippen LogP contribution in [0, 0.1) is 34.9 Å². The highest BCUT2D eigenvalue weighted by molar-refractivity contribution is 7.34. The Kier molecular flexibility index (Phi) is 8.00. The molecule has 0 aromatic heterocycles. The van der Waals surface area contributed by atoms with Gasteiger partial charge in [-0.15, -0.1) is 0 Å². The smallest absolute Gasteiger partial charge is 0.478 e. The lowest BCUT2D eigenvalue weighted by molar-refractivity contribution is -0.132. The van der Waals surface area contributed by atoms with Crippen molar-refractivity contribution in [3.05, 3.63) is 71.3 Å². The molecule has 0 spiro atoms. The van der Waals surface area contributed by atoms with E-state index in [1.165, 1.54) is 6.92 Å². The number of halogens is 6. The molecule has 0 heterocycles. The van der Waals surface area contributed by atoms with Gasteiger partial charge in [0.25, 0.3) is 5.75 Å². The molecule has 0 saturated carbocycles. The van der Waals surface area contributed by atoms with Gasteiger partial charge < -0.3 is 5.11 Å². The summed E-state index contributed by atoms with van der Waals surface area (Å²) in [6.45, 7) is 4.60. The van der Waals surface area contributed by atoms with Gasteiger partial charge in [0.15, 0.2) is 5.75 Å². The highest BCUT2D eigenvalue weighted by Crippen LogP contribution is 2.36. The number of hydrogen-bond donors (Lipinski definition) is 1. The zero-order valence-electron chi connectivity index (χ0n) is 13.8. The molecule has 0 radical (unpaired) electrons.